The Balaban J connectivity index is 0. The van der Waals surface area contributed by atoms with Crippen molar-refractivity contribution >= 4 is 8.58 Å². The van der Waals surface area contributed by atoms with E-state index in [2.05, 4.69) is 38.5 Å². The van der Waals surface area contributed by atoms with Crippen molar-refractivity contribution in [3.8, 4) is 0 Å². The second-order valence-corrected chi connectivity index (χ2v) is 3.83. The average molecular weight is 220 g/mol. The van der Waals surface area contributed by atoms with E-state index in [1.165, 1.54) is 10.6 Å². The molecule has 0 N–H and O–H groups in total. The SMILES string of the molecule is C=C.C=C/C(=C\C)P/C(C=C)=C/C=C\C. The summed E-state index contributed by atoms with van der Waals surface area (Å²) >= 11 is 0. The lowest BCUT2D eigenvalue weighted by Crippen LogP contribution is -1.68. The van der Waals surface area contributed by atoms with Gasteiger partial charge in [-0.1, -0.05) is 58.2 Å². The monoisotopic (exact) mass is 220 g/mol. The summed E-state index contributed by atoms with van der Waals surface area (Å²) in [5.41, 5.74) is 0. The molecule has 0 amide bonds. The zero-order valence-corrected chi connectivity index (χ0v) is 10.8. The Morgan fingerprint density at radius 1 is 1.00 bits per heavy atom. The molecule has 1 heteroatoms. The van der Waals surface area contributed by atoms with Crippen molar-refractivity contribution in [2.24, 2.45) is 0 Å². The van der Waals surface area contributed by atoms with Crippen molar-refractivity contribution in [2.45, 2.75) is 13.8 Å². The molecule has 15 heavy (non-hydrogen) atoms. The van der Waals surface area contributed by atoms with Crippen LogP contribution in [0.2, 0.25) is 0 Å². The highest BCUT2D eigenvalue weighted by molar-refractivity contribution is 7.48. The van der Waals surface area contributed by atoms with Crippen molar-refractivity contribution in [1.29, 1.82) is 0 Å². The molecule has 0 aliphatic rings. The molecule has 0 bridgehead atoms. The van der Waals surface area contributed by atoms with Gasteiger partial charge in [0.2, 0.25) is 0 Å². The van der Waals surface area contributed by atoms with E-state index in [4.69, 9.17) is 0 Å². The van der Waals surface area contributed by atoms with Gasteiger partial charge in [-0.3, -0.25) is 0 Å². The van der Waals surface area contributed by atoms with E-state index < -0.39 is 0 Å². The molecule has 1 atom stereocenters. The van der Waals surface area contributed by atoms with Gasteiger partial charge in [0.1, 0.15) is 0 Å². The molecule has 0 nitrogen and oxygen atoms in total. The van der Waals surface area contributed by atoms with Gasteiger partial charge >= 0.3 is 0 Å². The molecule has 0 aromatic rings. The van der Waals surface area contributed by atoms with E-state index in [1.807, 2.05) is 38.2 Å². The molecule has 0 rings (SSSR count). The van der Waals surface area contributed by atoms with E-state index in [-0.39, 0.29) is 0 Å². The minimum atomic E-state index is 0.659. The molecule has 1 unspecified atom stereocenters. The Morgan fingerprint density at radius 2 is 1.53 bits per heavy atom. The molecule has 0 saturated carbocycles. The van der Waals surface area contributed by atoms with Crippen LogP contribution in [0.15, 0.2) is 73.4 Å². The van der Waals surface area contributed by atoms with Crippen LogP contribution in [0.3, 0.4) is 0 Å². The first kappa shape index (κ1) is 16.3. The lowest BCUT2D eigenvalue weighted by Gasteiger charge is -2.01. The maximum Gasteiger partial charge on any atom is -0.0232 e. The zero-order valence-electron chi connectivity index (χ0n) is 9.79. The van der Waals surface area contributed by atoms with Gasteiger partial charge in [0.25, 0.3) is 0 Å². The number of allylic oxidation sites excluding steroid dienone is 8. The minimum Gasteiger partial charge on any atom is -0.106 e. The van der Waals surface area contributed by atoms with Gasteiger partial charge in [-0.2, -0.15) is 0 Å². The highest BCUT2D eigenvalue weighted by atomic mass is 31.1. The minimum absolute atomic E-state index is 0.659. The van der Waals surface area contributed by atoms with E-state index in [1.54, 1.807) is 0 Å². The Morgan fingerprint density at radius 3 is 1.87 bits per heavy atom. The molecule has 0 aliphatic carbocycles. The van der Waals surface area contributed by atoms with Crippen LogP contribution in [0.1, 0.15) is 13.8 Å². The predicted molar refractivity (Wildman–Crippen MR) is 76.6 cm³/mol. The van der Waals surface area contributed by atoms with Crippen LogP contribution >= 0.6 is 8.58 Å². The summed E-state index contributed by atoms with van der Waals surface area (Å²) in [6.45, 7) is 17.6. The quantitative estimate of drug-likeness (QED) is 0.339. The summed E-state index contributed by atoms with van der Waals surface area (Å²) in [5, 5.41) is 2.50. The van der Waals surface area contributed by atoms with Crippen LogP contribution in [-0.2, 0) is 0 Å². The number of hydrogen-bond acceptors (Lipinski definition) is 0. The maximum atomic E-state index is 3.78. The summed E-state index contributed by atoms with van der Waals surface area (Å²) in [6, 6.07) is 0. The topological polar surface area (TPSA) is 0 Å². The molecule has 0 aliphatic heterocycles. The lowest BCUT2D eigenvalue weighted by atomic mass is 10.4. The van der Waals surface area contributed by atoms with E-state index >= 15 is 0 Å². The van der Waals surface area contributed by atoms with Gasteiger partial charge in [-0.25, -0.2) is 0 Å². The van der Waals surface area contributed by atoms with Crippen LogP contribution in [0, 0.1) is 0 Å². The van der Waals surface area contributed by atoms with Crippen molar-refractivity contribution < 1.29 is 0 Å². The Bertz CT molecular complexity index is 267. The van der Waals surface area contributed by atoms with Crippen molar-refractivity contribution in [3.05, 3.63) is 73.4 Å². The third kappa shape index (κ3) is 9.18. The van der Waals surface area contributed by atoms with E-state index in [0.29, 0.717) is 8.58 Å². The van der Waals surface area contributed by atoms with Crippen molar-refractivity contribution in [1.82, 2.24) is 0 Å². The summed E-state index contributed by atoms with van der Waals surface area (Å²) < 4.78 is 0. The normalized spacial score (nSPS) is 12.7. The second kappa shape index (κ2) is 12.9. The largest absolute Gasteiger partial charge is 0.106 e. The van der Waals surface area contributed by atoms with Gasteiger partial charge < -0.3 is 0 Å². The fourth-order valence-corrected chi connectivity index (χ4v) is 1.63. The maximum absolute atomic E-state index is 3.78. The van der Waals surface area contributed by atoms with Gasteiger partial charge in [-0.15, -0.1) is 13.2 Å². The molecule has 0 heterocycles. The third-order valence-electron chi connectivity index (χ3n) is 1.51. The molecule has 0 radical (unpaired) electrons. The van der Waals surface area contributed by atoms with Crippen molar-refractivity contribution in [3.63, 3.8) is 0 Å². The highest BCUT2D eigenvalue weighted by Gasteiger charge is 1.92. The molecule has 0 spiro atoms. The molecular formula is C14H21P. The fourth-order valence-electron chi connectivity index (χ4n) is 0.768. The standard InChI is InChI=1S/C12H17P.C2H4/c1-5-9-10-12(8-4)13-11(6-2)7-3;1-2/h5-10,13H,2,4H2,1,3H3;1-2H2/b9-5-,11-7+,12-10+;. The van der Waals surface area contributed by atoms with Gasteiger partial charge in [0, 0.05) is 0 Å². The number of hydrogen-bond donors (Lipinski definition) is 0. The van der Waals surface area contributed by atoms with Gasteiger partial charge in [0.15, 0.2) is 0 Å². The Hall–Kier alpha value is -1.13. The Kier molecular flexibility index (Phi) is 14.0. The van der Waals surface area contributed by atoms with Gasteiger partial charge in [0.05, 0.1) is 0 Å². The molecular weight excluding hydrogens is 199 g/mol. The molecule has 82 valence electrons. The second-order valence-electron chi connectivity index (χ2n) is 2.43. The zero-order chi connectivity index (χ0) is 12.1. The van der Waals surface area contributed by atoms with Crippen LogP contribution in [-0.4, -0.2) is 0 Å². The summed E-state index contributed by atoms with van der Waals surface area (Å²) in [4.78, 5) is 0. The highest BCUT2D eigenvalue weighted by Crippen LogP contribution is 2.33. The van der Waals surface area contributed by atoms with Crippen LogP contribution in [0.25, 0.3) is 0 Å². The van der Waals surface area contributed by atoms with Crippen molar-refractivity contribution in [2.75, 3.05) is 0 Å². The van der Waals surface area contributed by atoms with Crippen LogP contribution in [0.4, 0.5) is 0 Å². The third-order valence-corrected chi connectivity index (χ3v) is 2.95. The van der Waals surface area contributed by atoms with Gasteiger partial charge in [-0.05, 0) is 24.5 Å². The smallest absolute Gasteiger partial charge is 0.0232 e. The lowest BCUT2D eigenvalue weighted by molar-refractivity contribution is 1.70. The molecule has 0 saturated heterocycles. The predicted octanol–water partition coefficient (Wildman–Crippen LogP) is 5.20. The molecule has 0 aromatic heterocycles. The Labute approximate surface area is 96.3 Å². The first-order valence-electron chi connectivity index (χ1n) is 4.79. The first-order valence-corrected chi connectivity index (χ1v) is 5.79. The van der Waals surface area contributed by atoms with Crippen LogP contribution in [0.5, 0.6) is 0 Å². The average Bonchev–Trinajstić information content (AvgIpc) is 2.32. The number of rotatable bonds is 5. The summed E-state index contributed by atoms with van der Waals surface area (Å²) in [7, 11) is 0.659. The first-order chi connectivity index (χ1) is 7.28. The summed E-state index contributed by atoms with van der Waals surface area (Å²) in [6.07, 6.45) is 12.0. The van der Waals surface area contributed by atoms with E-state index in [0.717, 1.165) is 0 Å². The summed E-state index contributed by atoms with van der Waals surface area (Å²) in [5.74, 6) is 0. The van der Waals surface area contributed by atoms with E-state index in [9.17, 15) is 0 Å². The molecule has 0 aromatic carbocycles. The fraction of sp³-hybridized carbons (Fsp3) is 0.143. The molecule has 0 fully saturated rings. The van der Waals surface area contributed by atoms with Crippen LogP contribution < -0.4 is 0 Å².